The topological polar surface area (TPSA) is 52.1 Å². The highest BCUT2D eigenvalue weighted by Crippen LogP contribution is 2.22. The Bertz CT molecular complexity index is 322. The summed E-state index contributed by atoms with van der Waals surface area (Å²) < 4.78 is 4.88. The molecule has 1 heterocycles. The number of thioether (sulfide) groups is 1. The van der Waals surface area contributed by atoms with E-state index in [1.807, 2.05) is 0 Å². The van der Waals surface area contributed by atoms with Crippen molar-refractivity contribution in [2.45, 2.75) is 5.03 Å². The first-order chi connectivity index (χ1) is 6.79. The molecule has 0 atom stereocenters. The lowest BCUT2D eigenvalue weighted by molar-refractivity contribution is 0.112. The number of rotatable bonds is 5. The Morgan fingerprint density at radius 1 is 1.64 bits per heavy atom. The second-order valence-corrected chi connectivity index (χ2v) is 3.78. The number of aldehydes is 1. The second-order valence-electron chi connectivity index (χ2n) is 2.34. The molecule has 0 aromatic carbocycles. The van der Waals surface area contributed by atoms with Crippen molar-refractivity contribution in [2.24, 2.45) is 0 Å². The molecule has 0 bridgehead atoms. The van der Waals surface area contributed by atoms with Gasteiger partial charge in [-0.15, -0.1) is 11.8 Å². The van der Waals surface area contributed by atoms with E-state index < -0.39 is 0 Å². The first-order valence-electron chi connectivity index (χ1n) is 3.87. The van der Waals surface area contributed by atoms with Crippen LogP contribution in [0.5, 0.6) is 0 Å². The van der Waals surface area contributed by atoms with Crippen LogP contribution in [0.4, 0.5) is 0 Å². The van der Waals surface area contributed by atoms with Crippen LogP contribution < -0.4 is 0 Å². The van der Waals surface area contributed by atoms with Crippen LogP contribution >= 0.6 is 23.4 Å². The molecule has 0 aliphatic rings. The van der Waals surface area contributed by atoms with Crippen LogP contribution in [-0.2, 0) is 4.74 Å². The van der Waals surface area contributed by atoms with Gasteiger partial charge in [0.25, 0.3) is 0 Å². The first kappa shape index (κ1) is 11.4. The van der Waals surface area contributed by atoms with E-state index in [1.165, 1.54) is 18.1 Å². The van der Waals surface area contributed by atoms with Gasteiger partial charge in [-0.1, -0.05) is 11.6 Å². The van der Waals surface area contributed by atoms with Crippen molar-refractivity contribution in [2.75, 3.05) is 19.5 Å². The number of nitrogens with zero attached hydrogens (tertiary/aromatic N) is 2. The van der Waals surface area contributed by atoms with Crippen molar-refractivity contribution in [1.29, 1.82) is 0 Å². The Labute approximate surface area is 91.0 Å². The Morgan fingerprint density at radius 3 is 3.07 bits per heavy atom. The van der Waals surface area contributed by atoms with Crippen molar-refractivity contribution in [3.63, 3.8) is 0 Å². The lowest BCUT2D eigenvalue weighted by Gasteiger charge is -2.03. The molecule has 76 valence electrons. The Morgan fingerprint density at radius 2 is 2.43 bits per heavy atom. The Balaban J connectivity index is 2.75. The average molecular weight is 233 g/mol. The van der Waals surface area contributed by atoms with Crippen LogP contribution in [0, 0.1) is 0 Å². The quantitative estimate of drug-likeness (QED) is 0.335. The SMILES string of the molecule is COCCSc1ncnc(Cl)c1C=O. The van der Waals surface area contributed by atoms with Crippen LogP contribution in [-0.4, -0.2) is 35.7 Å². The molecule has 1 aromatic heterocycles. The van der Waals surface area contributed by atoms with Crippen molar-refractivity contribution in [3.8, 4) is 0 Å². The van der Waals surface area contributed by atoms with E-state index in [1.54, 1.807) is 7.11 Å². The number of carbonyl (C=O) groups excluding carboxylic acids is 1. The number of hydrogen-bond donors (Lipinski definition) is 0. The molecule has 0 fully saturated rings. The van der Waals surface area contributed by atoms with Gasteiger partial charge in [0.05, 0.1) is 12.2 Å². The molecule has 1 aromatic rings. The second kappa shape index (κ2) is 5.95. The number of carbonyl (C=O) groups is 1. The first-order valence-corrected chi connectivity index (χ1v) is 5.23. The zero-order valence-electron chi connectivity index (χ0n) is 7.57. The van der Waals surface area contributed by atoms with E-state index in [0.717, 1.165) is 5.75 Å². The zero-order chi connectivity index (χ0) is 10.4. The van der Waals surface area contributed by atoms with Crippen LogP contribution in [0.1, 0.15) is 10.4 Å². The van der Waals surface area contributed by atoms with E-state index in [9.17, 15) is 4.79 Å². The van der Waals surface area contributed by atoms with Gasteiger partial charge in [-0.3, -0.25) is 4.79 Å². The van der Waals surface area contributed by atoms with Crippen molar-refractivity contribution in [1.82, 2.24) is 9.97 Å². The largest absolute Gasteiger partial charge is 0.384 e. The molecule has 0 saturated carbocycles. The van der Waals surface area contributed by atoms with E-state index in [2.05, 4.69) is 9.97 Å². The van der Waals surface area contributed by atoms with Crippen LogP contribution in [0.2, 0.25) is 5.15 Å². The lowest BCUT2D eigenvalue weighted by atomic mass is 10.4. The fourth-order valence-corrected chi connectivity index (χ4v) is 1.89. The summed E-state index contributed by atoms with van der Waals surface area (Å²) in [6.07, 6.45) is 2.00. The normalized spacial score (nSPS) is 10.1. The highest BCUT2D eigenvalue weighted by molar-refractivity contribution is 7.99. The predicted molar refractivity (Wildman–Crippen MR) is 55.0 cm³/mol. The van der Waals surface area contributed by atoms with Gasteiger partial charge in [0.15, 0.2) is 6.29 Å². The summed E-state index contributed by atoms with van der Waals surface area (Å²) in [6, 6.07) is 0. The third-order valence-corrected chi connectivity index (χ3v) is 2.71. The van der Waals surface area contributed by atoms with E-state index >= 15 is 0 Å². The van der Waals surface area contributed by atoms with Gasteiger partial charge in [0.1, 0.15) is 16.5 Å². The molecule has 0 saturated heterocycles. The minimum atomic E-state index is 0.190. The summed E-state index contributed by atoms with van der Waals surface area (Å²) in [7, 11) is 1.62. The molecule has 0 amide bonds. The van der Waals surface area contributed by atoms with E-state index in [-0.39, 0.29) is 5.15 Å². The number of ether oxygens (including phenoxy) is 1. The summed E-state index contributed by atoms with van der Waals surface area (Å²) >= 11 is 7.13. The van der Waals surface area contributed by atoms with Gasteiger partial charge >= 0.3 is 0 Å². The molecule has 6 heteroatoms. The predicted octanol–water partition coefficient (Wildman–Crippen LogP) is 1.68. The molecular weight excluding hydrogens is 224 g/mol. The smallest absolute Gasteiger partial charge is 0.155 e. The maximum Gasteiger partial charge on any atom is 0.155 e. The molecule has 0 radical (unpaired) electrons. The third-order valence-electron chi connectivity index (χ3n) is 1.44. The monoisotopic (exact) mass is 232 g/mol. The van der Waals surface area contributed by atoms with Gasteiger partial charge in [-0.05, 0) is 0 Å². The van der Waals surface area contributed by atoms with Crippen molar-refractivity contribution >= 4 is 29.6 Å². The third kappa shape index (κ3) is 2.94. The molecule has 14 heavy (non-hydrogen) atoms. The molecule has 0 spiro atoms. The van der Waals surface area contributed by atoms with Crippen molar-refractivity contribution in [3.05, 3.63) is 17.0 Å². The fraction of sp³-hybridized carbons (Fsp3) is 0.375. The van der Waals surface area contributed by atoms with Crippen LogP contribution in [0.3, 0.4) is 0 Å². The summed E-state index contributed by atoms with van der Waals surface area (Å²) in [4.78, 5) is 18.4. The van der Waals surface area contributed by atoms with Gasteiger partial charge in [-0.2, -0.15) is 0 Å². The van der Waals surface area contributed by atoms with Crippen molar-refractivity contribution < 1.29 is 9.53 Å². The maximum absolute atomic E-state index is 10.7. The summed E-state index contributed by atoms with van der Waals surface area (Å²) in [6.45, 7) is 0.602. The van der Waals surface area contributed by atoms with Gasteiger partial charge in [-0.25, -0.2) is 9.97 Å². The minimum absolute atomic E-state index is 0.190. The van der Waals surface area contributed by atoms with Crippen LogP contribution in [0.15, 0.2) is 11.4 Å². The number of halogens is 1. The summed E-state index contributed by atoms with van der Waals surface area (Å²) in [5.41, 5.74) is 0.343. The Kier molecular flexibility index (Phi) is 4.86. The van der Waals surface area contributed by atoms with Gasteiger partial charge < -0.3 is 4.74 Å². The summed E-state index contributed by atoms with van der Waals surface area (Å²) in [5, 5.41) is 0.784. The van der Waals surface area contributed by atoms with Crippen LogP contribution in [0.25, 0.3) is 0 Å². The van der Waals surface area contributed by atoms with E-state index in [0.29, 0.717) is 23.5 Å². The number of hydrogen-bond acceptors (Lipinski definition) is 5. The maximum atomic E-state index is 10.7. The highest BCUT2D eigenvalue weighted by Gasteiger charge is 2.08. The van der Waals surface area contributed by atoms with Gasteiger partial charge in [0, 0.05) is 12.9 Å². The molecule has 0 N–H and O–H groups in total. The molecule has 4 nitrogen and oxygen atoms in total. The highest BCUT2D eigenvalue weighted by atomic mass is 35.5. The number of aromatic nitrogens is 2. The minimum Gasteiger partial charge on any atom is -0.384 e. The van der Waals surface area contributed by atoms with Gasteiger partial charge in [0.2, 0.25) is 0 Å². The standard InChI is InChI=1S/C8H9ClN2O2S/c1-13-2-3-14-8-6(4-12)7(9)10-5-11-8/h4-5H,2-3H2,1H3. The molecule has 0 unspecified atom stereocenters. The molecule has 1 rings (SSSR count). The molecular formula is C8H9ClN2O2S. The van der Waals surface area contributed by atoms with E-state index in [4.69, 9.17) is 16.3 Å². The lowest BCUT2D eigenvalue weighted by Crippen LogP contribution is -1.97. The molecule has 0 aliphatic carbocycles. The average Bonchev–Trinajstić information content (AvgIpc) is 2.18. The fourth-order valence-electron chi connectivity index (χ4n) is 0.795. The Hall–Kier alpha value is -0.650. The summed E-state index contributed by atoms with van der Waals surface area (Å²) in [5.74, 6) is 0.727. The zero-order valence-corrected chi connectivity index (χ0v) is 9.14. The molecule has 0 aliphatic heterocycles. The number of methoxy groups -OCH3 is 1.